The smallest absolute Gasteiger partial charge is 0.264 e. The number of benzene rings is 1. The first-order chi connectivity index (χ1) is 18.9. The molecule has 3 aliphatic rings. The molecule has 0 bridgehead atoms. The van der Waals surface area contributed by atoms with E-state index in [1.807, 2.05) is 17.0 Å². The molecular formula is C29H30F2N6O2. The molecule has 0 N–H and O–H groups in total. The normalized spacial score (nSPS) is 17.6. The molecule has 39 heavy (non-hydrogen) atoms. The number of hydrogen-bond acceptors (Lipinski definition) is 6. The summed E-state index contributed by atoms with van der Waals surface area (Å²) in [6.07, 6.45) is 2.83. The van der Waals surface area contributed by atoms with Gasteiger partial charge in [0.15, 0.2) is 5.82 Å². The van der Waals surface area contributed by atoms with Crippen molar-refractivity contribution in [1.82, 2.24) is 19.7 Å². The van der Waals surface area contributed by atoms with Crippen molar-refractivity contribution in [2.75, 3.05) is 31.2 Å². The van der Waals surface area contributed by atoms with Gasteiger partial charge < -0.3 is 14.5 Å². The largest absolute Gasteiger partial charge is 0.381 e. The van der Waals surface area contributed by atoms with Gasteiger partial charge in [0, 0.05) is 68.4 Å². The number of pyridine rings is 1. The standard InChI is InChI=1S/C29H30F2N6O2/c1-18(38)35-10-5-26-25(17-35)29(34-37(26)22-6-11-39-12-7-22)36-9-2-3-20-14-23(24(28(30)31)15-27(20)36)19-4-8-33-21(13-19)16-32/h4,8,13-15,22,28H,2-3,5-7,9-12,17H2,1H3. The van der Waals surface area contributed by atoms with Crippen LogP contribution in [0.5, 0.6) is 0 Å². The van der Waals surface area contributed by atoms with Gasteiger partial charge in [-0.05, 0) is 66.6 Å². The molecule has 1 fully saturated rings. The Morgan fingerprint density at radius 3 is 2.74 bits per heavy atom. The Morgan fingerprint density at radius 2 is 2.00 bits per heavy atom. The van der Waals surface area contributed by atoms with E-state index in [1.165, 1.54) is 6.20 Å². The van der Waals surface area contributed by atoms with E-state index in [4.69, 9.17) is 9.84 Å². The predicted molar refractivity (Wildman–Crippen MR) is 141 cm³/mol. The first kappa shape index (κ1) is 25.4. The number of aryl methyl sites for hydroxylation is 1. The lowest BCUT2D eigenvalue weighted by Gasteiger charge is -2.33. The van der Waals surface area contributed by atoms with Crippen LogP contribution in [0.15, 0.2) is 30.5 Å². The zero-order chi connectivity index (χ0) is 27.1. The molecule has 0 spiro atoms. The SMILES string of the molecule is CC(=O)N1CCc2c(c(N3CCCc4cc(-c5ccnc(C#N)c5)c(C(F)F)cc43)nn2C2CCOCC2)C1. The number of aromatic nitrogens is 3. The fourth-order valence-electron chi connectivity index (χ4n) is 6.10. The highest BCUT2D eigenvalue weighted by Crippen LogP contribution is 2.43. The molecule has 3 aliphatic heterocycles. The average Bonchev–Trinajstić information content (AvgIpc) is 3.35. The van der Waals surface area contributed by atoms with E-state index in [0.29, 0.717) is 50.4 Å². The van der Waals surface area contributed by atoms with Crippen molar-refractivity contribution in [3.05, 3.63) is 58.5 Å². The minimum atomic E-state index is -2.70. The fourth-order valence-corrected chi connectivity index (χ4v) is 6.10. The highest BCUT2D eigenvalue weighted by Gasteiger charge is 2.34. The van der Waals surface area contributed by atoms with Gasteiger partial charge in [0.2, 0.25) is 5.91 Å². The van der Waals surface area contributed by atoms with Crippen LogP contribution in [-0.2, 0) is 28.9 Å². The first-order valence-electron chi connectivity index (χ1n) is 13.5. The molecule has 0 atom stereocenters. The summed E-state index contributed by atoms with van der Waals surface area (Å²) in [4.78, 5) is 20.2. The molecule has 6 rings (SSSR count). The molecule has 5 heterocycles. The van der Waals surface area contributed by atoms with Crippen LogP contribution in [0.4, 0.5) is 20.3 Å². The number of carbonyl (C=O) groups excluding carboxylic acids is 1. The maximum Gasteiger partial charge on any atom is 0.264 e. The maximum atomic E-state index is 14.5. The molecule has 0 radical (unpaired) electrons. The van der Waals surface area contributed by atoms with Crippen LogP contribution in [0.2, 0.25) is 0 Å². The second-order valence-corrected chi connectivity index (χ2v) is 10.4. The summed E-state index contributed by atoms with van der Waals surface area (Å²) in [6.45, 7) is 4.70. The Balaban J connectivity index is 1.47. The van der Waals surface area contributed by atoms with E-state index in [2.05, 4.69) is 14.6 Å². The Labute approximate surface area is 225 Å². The Morgan fingerprint density at radius 1 is 1.18 bits per heavy atom. The van der Waals surface area contributed by atoms with Gasteiger partial charge in [-0.2, -0.15) is 10.4 Å². The number of nitrogens with zero attached hydrogens (tertiary/aromatic N) is 6. The molecule has 0 aliphatic carbocycles. The zero-order valence-corrected chi connectivity index (χ0v) is 21.9. The van der Waals surface area contributed by atoms with E-state index in [1.54, 1.807) is 25.1 Å². The Kier molecular flexibility index (Phi) is 6.77. The number of halogens is 2. The monoisotopic (exact) mass is 532 g/mol. The first-order valence-corrected chi connectivity index (χ1v) is 13.5. The van der Waals surface area contributed by atoms with Crippen molar-refractivity contribution in [1.29, 1.82) is 5.26 Å². The predicted octanol–water partition coefficient (Wildman–Crippen LogP) is 5.09. The summed E-state index contributed by atoms with van der Waals surface area (Å²) < 4.78 is 36.7. The quantitative estimate of drug-likeness (QED) is 0.465. The Bertz CT molecular complexity index is 1460. The number of ether oxygens (including phenoxy) is 1. The van der Waals surface area contributed by atoms with Crippen molar-refractivity contribution in [3.8, 4) is 17.2 Å². The van der Waals surface area contributed by atoms with Gasteiger partial charge >= 0.3 is 0 Å². The van der Waals surface area contributed by atoms with Gasteiger partial charge in [-0.25, -0.2) is 13.8 Å². The number of alkyl halides is 2. The molecule has 1 saturated heterocycles. The van der Waals surface area contributed by atoms with Crippen molar-refractivity contribution < 1.29 is 18.3 Å². The summed E-state index contributed by atoms with van der Waals surface area (Å²) in [5.74, 6) is 0.773. The van der Waals surface area contributed by atoms with Gasteiger partial charge in [0.05, 0.1) is 12.6 Å². The van der Waals surface area contributed by atoms with Crippen molar-refractivity contribution in [2.45, 2.75) is 58.0 Å². The third-order valence-corrected chi connectivity index (χ3v) is 8.09. The average molecular weight is 533 g/mol. The van der Waals surface area contributed by atoms with E-state index in [-0.39, 0.29) is 23.2 Å². The number of amides is 1. The summed E-state index contributed by atoms with van der Waals surface area (Å²) in [7, 11) is 0. The highest BCUT2D eigenvalue weighted by molar-refractivity contribution is 5.78. The minimum absolute atomic E-state index is 0.0168. The van der Waals surface area contributed by atoms with Crippen LogP contribution in [-0.4, -0.2) is 51.9 Å². The molecule has 0 saturated carbocycles. The lowest BCUT2D eigenvalue weighted by atomic mass is 9.91. The van der Waals surface area contributed by atoms with Crippen LogP contribution in [0.25, 0.3) is 11.1 Å². The van der Waals surface area contributed by atoms with Crippen LogP contribution in [0.3, 0.4) is 0 Å². The van der Waals surface area contributed by atoms with Gasteiger partial charge in [0.1, 0.15) is 11.8 Å². The molecule has 202 valence electrons. The van der Waals surface area contributed by atoms with Gasteiger partial charge in [-0.3, -0.25) is 9.48 Å². The summed E-state index contributed by atoms with van der Waals surface area (Å²) in [5, 5.41) is 14.4. The van der Waals surface area contributed by atoms with E-state index in [0.717, 1.165) is 54.0 Å². The fraction of sp³-hybridized carbons (Fsp3) is 0.448. The van der Waals surface area contributed by atoms with Crippen molar-refractivity contribution >= 4 is 17.4 Å². The molecular weight excluding hydrogens is 502 g/mol. The highest BCUT2D eigenvalue weighted by atomic mass is 19.3. The molecule has 0 unspecified atom stereocenters. The molecule has 1 aromatic carbocycles. The summed E-state index contributed by atoms with van der Waals surface area (Å²) in [6, 6.07) is 8.85. The second kappa shape index (κ2) is 10.4. The third kappa shape index (κ3) is 4.65. The number of hydrogen-bond donors (Lipinski definition) is 0. The zero-order valence-electron chi connectivity index (χ0n) is 21.9. The summed E-state index contributed by atoms with van der Waals surface area (Å²) >= 11 is 0. The van der Waals surface area contributed by atoms with Crippen molar-refractivity contribution in [3.63, 3.8) is 0 Å². The van der Waals surface area contributed by atoms with Crippen LogP contribution >= 0.6 is 0 Å². The topological polar surface area (TPSA) is 87.3 Å². The number of anilines is 2. The van der Waals surface area contributed by atoms with Crippen LogP contribution < -0.4 is 4.90 Å². The molecule has 8 nitrogen and oxygen atoms in total. The minimum Gasteiger partial charge on any atom is -0.381 e. The lowest BCUT2D eigenvalue weighted by molar-refractivity contribution is -0.129. The van der Waals surface area contributed by atoms with Crippen LogP contribution in [0.1, 0.15) is 66.7 Å². The third-order valence-electron chi connectivity index (χ3n) is 8.09. The van der Waals surface area contributed by atoms with Crippen LogP contribution in [0, 0.1) is 11.3 Å². The van der Waals surface area contributed by atoms with Crippen molar-refractivity contribution in [2.24, 2.45) is 0 Å². The van der Waals surface area contributed by atoms with E-state index >= 15 is 0 Å². The maximum absolute atomic E-state index is 14.5. The lowest BCUT2D eigenvalue weighted by Crippen LogP contribution is -2.36. The molecule has 10 heteroatoms. The Hall–Kier alpha value is -3.84. The number of fused-ring (bicyclic) bond motifs is 2. The molecule has 1 amide bonds. The van der Waals surface area contributed by atoms with E-state index < -0.39 is 6.43 Å². The summed E-state index contributed by atoms with van der Waals surface area (Å²) in [5.41, 5.74) is 4.90. The second-order valence-electron chi connectivity index (χ2n) is 10.4. The number of carbonyl (C=O) groups is 1. The molecule has 2 aromatic heterocycles. The van der Waals surface area contributed by atoms with Gasteiger partial charge in [-0.15, -0.1) is 0 Å². The van der Waals surface area contributed by atoms with E-state index in [9.17, 15) is 18.8 Å². The molecule has 3 aromatic rings. The van der Waals surface area contributed by atoms with Gasteiger partial charge in [0.25, 0.3) is 6.43 Å². The number of rotatable bonds is 4. The number of nitriles is 1. The van der Waals surface area contributed by atoms with Gasteiger partial charge in [-0.1, -0.05) is 0 Å².